The van der Waals surface area contributed by atoms with Crippen molar-refractivity contribution in [2.24, 2.45) is 0 Å². The first-order chi connectivity index (χ1) is 3.29. The van der Waals surface area contributed by atoms with E-state index >= 15 is 0 Å². The van der Waals surface area contributed by atoms with Crippen LogP contribution in [0, 0.1) is 6.92 Å². The molecule has 0 aliphatic rings. The third-order valence-corrected chi connectivity index (χ3v) is 1.59. The second kappa shape index (κ2) is 3.26. The van der Waals surface area contributed by atoms with Crippen molar-refractivity contribution >= 4 is 16.8 Å². The van der Waals surface area contributed by atoms with Crippen LogP contribution in [0.4, 0.5) is 0 Å². The Bertz CT molecular complexity index is 145. The third kappa shape index (κ3) is 1.98. The minimum absolute atomic E-state index is 0. The minimum Gasteiger partial charge on any atom is -0.147 e. The number of hydrogen-bond donors (Lipinski definition) is 0. The average molecular weight is 183 g/mol. The number of furan rings is 1. The van der Waals surface area contributed by atoms with Crippen molar-refractivity contribution in [2.45, 2.75) is 6.92 Å². The Morgan fingerprint density at radius 2 is 2.12 bits per heavy atom. The van der Waals surface area contributed by atoms with Gasteiger partial charge in [-0.2, -0.15) is 0 Å². The molecule has 3 heteroatoms. The predicted octanol–water partition coefficient (Wildman–Crippen LogP) is 1.18. The molecule has 1 heterocycles. The van der Waals surface area contributed by atoms with Gasteiger partial charge in [0.05, 0.1) is 0 Å². The van der Waals surface area contributed by atoms with Crippen LogP contribution >= 0.6 is 12.4 Å². The predicted molar refractivity (Wildman–Crippen MR) is 30.3 cm³/mol. The third-order valence-electron chi connectivity index (χ3n) is 0.796. The van der Waals surface area contributed by atoms with Crippen LogP contribution in [0.15, 0.2) is 16.5 Å². The van der Waals surface area contributed by atoms with Gasteiger partial charge in [0, 0.05) is 0 Å². The largest absolute Gasteiger partial charge is 0.147 e. The van der Waals surface area contributed by atoms with Crippen LogP contribution in [-0.2, 0) is 18.3 Å². The molecular weight excluding hydrogens is 177 g/mol. The molecule has 1 aromatic rings. The van der Waals surface area contributed by atoms with Crippen molar-refractivity contribution in [1.82, 2.24) is 0 Å². The molecule has 0 saturated heterocycles. The molecule has 1 nitrogen and oxygen atoms in total. The molecule has 0 aliphatic heterocycles. The van der Waals surface area contributed by atoms with E-state index in [2.05, 4.69) is 0 Å². The summed E-state index contributed by atoms with van der Waals surface area (Å²) < 4.78 is 6.25. The molecular formula is C5H6ClOZn. The molecule has 0 N–H and O–H groups in total. The zero-order valence-electron chi connectivity index (χ0n) is 4.68. The maximum Gasteiger partial charge on any atom is -0.147 e. The van der Waals surface area contributed by atoms with Crippen molar-refractivity contribution in [3.8, 4) is 0 Å². The molecule has 1 aromatic heterocycles. The maximum absolute atomic E-state index is 5.14. The first kappa shape index (κ1) is 8.19. The van der Waals surface area contributed by atoms with Crippen molar-refractivity contribution in [3.05, 3.63) is 17.9 Å². The van der Waals surface area contributed by atoms with Crippen molar-refractivity contribution in [2.75, 3.05) is 0 Å². The molecule has 0 aromatic carbocycles. The molecule has 0 radical (unpaired) electrons. The van der Waals surface area contributed by atoms with Crippen molar-refractivity contribution < 1.29 is 22.7 Å². The quantitative estimate of drug-likeness (QED) is 0.550. The molecule has 0 aliphatic carbocycles. The van der Waals surface area contributed by atoms with Gasteiger partial charge in [-0.3, -0.25) is 0 Å². The van der Waals surface area contributed by atoms with Gasteiger partial charge in [-0.15, -0.1) is 12.4 Å². The van der Waals surface area contributed by atoms with E-state index in [1.54, 1.807) is 0 Å². The SMILES string of the molecule is Cc1cc[c]([Zn])o1.Cl. The Kier molecular flexibility index (Phi) is 3.34. The average Bonchev–Trinajstić information content (AvgIpc) is 1.87. The van der Waals surface area contributed by atoms with Gasteiger partial charge in [0.15, 0.2) is 0 Å². The molecule has 0 atom stereocenters. The Balaban J connectivity index is 0.000000490. The van der Waals surface area contributed by atoms with Crippen LogP contribution in [0.25, 0.3) is 0 Å². The van der Waals surface area contributed by atoms with E-state index in [1.807, 2.05) is 19.1 Å². The fraction of sp³-hybridized carbons (Fsp3) is 0.200. The number of hydrogen-bond acceptors (Lipinski definition) is 1. The molecule has 1 rings (SSSR count). The Hall–Kier alpha value is 0.193. The monoisotopic (exact) mass is 181 g/mol. The summed E-state index contributed by atoms with van der Waals surface area (Å²) in [6.07, 6.45) is 0. The first-order valence-electron chi connectivity index (χ1n) is 2.17. The van der Waals surface area contributed by atoms with Crippen molar-refractivity contribution in [1.29, 1.82) is 0 Å². The summed E-state index contributed by atoms with van der Waals surface area (Å²) in [6, 6.07) is 3.99. The van der Waals surface area contributed by atoms with Crippen LogP contribution < -0.4 is 4.35 Å². The summed E-state index contributed by atoms with van der Waals surface area (Å²) in [4.78, 5) is 0. The number of aryl methyl sites for hydroxylation is 1. The number of rotatable bonds is 0. The molecule has 0 fully saturated rings. The number of halogens is 1. The fourth-order valence-electron chi connectivity index (χ4n) is 0.485. The van der Waals surface area contributed by atoms with Gasteiger partial charge in [0.25, 0.3) is 0 Å². The van der Waals surface area contributed by atoms with Crippen LogP contribution in [0.1, 0.15) is 5.76 Å². The molecule has 41 valence electrons. The summed E-state index contributed by atoms with van der Waals surface area (Å²) in [5.41, 5.74) is 0. The van der Waals surface area contributed by atoms with Crippen LogP contribution in [0.5, 0.6) is 0 Å². The molecule has 0 spiro atoms. The standard InChI is InChI=1S/C5H5O.ClH.Zn/c1-5-3-2-4-6-5;;/h2-3H,1H3;1H;. The maximum atomic E-state index is 5.14. The second-order valence-corrected chi connectivity index (χ2v) is 2.97. The van der Waals surface area contributed by atoms with Crippen LogP contribution in [0.2, 0.25) is 0 Å². The smallest absolute Gasteiger partial charge is 0.147 e. The fourth-order valence-corrected chi connectivity index (χ4v) is 1.21. The van der Waals surface area contributed by atoms with E-state index in [4.69, 9.17) is 4.42 Å². The Labute approximate surface area is 64.5 Å². The summed E-state index contributed by atoms with van der Waals surface area (Å²) in [6.45, 7) is 1.96. The van der Waals surface area contributed by atoms with Gasteiger partial charge in [-0.05, 0) is 0 Å². The first-order valence-corrected chi connectivity index (χ1v) is 3.66. The van der Waals surface area contributed by atoms with Gasteiger partial charge in [0.2, 0.25) is 0 Å². The van der Waals surface area contributed by atoms with Gasteiger partial charge in [-0.25, -0.2) is 0 Å². The van der Waals surface area contributed by atoms with Gasteiger partial charge >= 0.3 is 51.9 Å². The van der Waals surface area contributed by atoms with Crippen LogP contribution in [0.3, 0.4) is 0 Å². The summed E-state index contributed by atoms with van der Waals surface area (Å²) in [5.74, 6) is 1.02. The summed E-state index contributed by atoms with van der Waals surface area (Å²) in [7, 11) is 0. The molecule has 0 bridgehead atoms. The molecule has 8 heavy (non-hydrogen) atoms. The second-order valence-electron chi connectivity index (χ2n) is 1.51. The Morgan fingerprint density at radius 3 is 2.25 bits per heavy atom. The zero-order valence-corrected chi connectivity index (χ0v) is 8.46. The van der Waals surface area contributed by atoms with Gasteiger partial charge in [-0.1, -0.05) is 0 Å². The Morgan fingerprint density at radius 1 is 1.50 bits per heavy atom. The van der Waals surface area contributed by atoms with E-state index in [0.29, 0.717) is 0 Å². The van der Waals surface area contributed by atoms with E-state index < -0.39 is 0 Å². The van der Waals surface area contributed by atoms with Gasteiger partial charge < -0.3 is 0 Å². The minimum atomic E-state index is 0. The van der Waals surface area contributed by atoms with E-state index in [1.165, 1.54) is 0 Å². The van der Waals surface area contributed by atoms with Gasteiger partial charge in [0.1, 0.15) is 0 Å². The molecule has 0 saturated carbocycles. The van der Waals surface area contributed by atoms with E-state index in [9.17, 15) is 0 Å². The zero-order chi connectivity index (χ0) is 5.28. The normalized spacial score (nSPS) is 8.38. The topological polar surface area (TPSA) is 13.1 Å². The summed E-state index contributed by atoms with van der Waals surface area (Å²) in [5, 5.41) is 0. The van der Waals surface area contributed by atoms with E-state index in [-0.39, 0.29) is 12.4 Å². The molecule has 0 unspecified atom stereocenters. The van der Waals surface area contributed by atoms with Crippen LogP contribution in [-0.4, -0.2) is 0 Å². The van der Waals surface area contributed by atoms with E-state index in [0.717, 1.165) is 28.4 Å². The summed E-state index contributed by atoms with van der Waals surface area (Å²) >= 11 is 1.12. The molecule has 0 amide bonds. The van der Waals surface area contributed by atoms with Crippen molar-refractivity contribution in [3.63, 3.8) is 0 Å².